The average Bonchev–Trinajstić information content (AvgIpc) is 3.24. The summed E-state index contributed by atoms with van der Waals surface area (Å²) in [6, 6.07) is 10.3. The van der Waals surface area contributed by atoms with Crippen molar-refractivity contribution < 1.29 is 18.3 Å². The number of alkyl halides is 2. The number of rotatable bonds is 4. The first-order valence-corrected chi connectivity index (χ1v) is 7.91. The zero-order chi connectivity index (χ0) is 16.7. The molecule has 0 spiro atoms. The maximum absolute atomic E-state index is 13.6. The molecule has 2 aliphatic carbocycles. The van der Waals surface area contributed by atoms with Crippen LogP contribution in [0.1, 0.15) is 12.8 Å². The predicted molar refractivity (Wildman–Crippen MR) is 84.0 cm³/mol. The van der Waals surface area contributed by atoms with Gasteiger partial charge in [0.05, 0.1) is 5.92 Å². The molecule has 1 heterocycles. The SMILES string of the molecule is O=C(Nc1ccc(Oc2ccncc2)cc1)[C@H]1[C@H]2CCC(F)(F)[C@H]21. The lowest BCUT2D eigenvalue weighted by Crippen LogP contribution is -2.23. The highest BCUT2D eigenvalue weighted by Gasteiger charge is 2.69. The third kappa shape index (κ3) is 2.72. The number of nitrogens with one attached hydrogen (secondary N) is 1. The number of pyridine rings is 1. The number of aromatic nitrogens is 1. The summed E-state index contributed by atoms with van der Waals surface area (Å²) in [5, 5.41) is 2.72. The van der Waals surface area contributed by atoms with E-state index in [4.69, 9.17) is 4.74 Å². The highest BCUT2D eigenvalue weighted by atomic mass is 19.3. The Morgan fingerprint density at radius 3 is 2.42 bits per heavy atom. The summed E-state index contributed by atoms with van der Waals surface area (Å²) in [5.41, 5.74) is 0.579. The van der Waals surface area contributed by atoms with Gasteiger partial charge in [0.1, 0.15) is 11.5 Å². The van der Waals surface area contributed by atoms with Gasteiger partial charge in [0.25, 0.3) is 5.92 Å². The van der Waals surface area contributed by atoms with Crippen molar-refractivity contribution in [3.8, 4) is 11.5 Å². The lowest BCUT2D eigenvalue weighted by molar-refractivity contribution is -0.120. The Kier molecular flexibility index (Phi) is 3.48. The summed E-state index contributed by atoms with van der Waals surface area (Å²) in [6.07, 6.45) is 3.61. The van der Waals surface area contributed by atoms with Crippen LogP contribution in [0.2, 0.25) is 0 Å². The van der Waals surface area contributed by atoms with E-state index in [2.05, 4.69) is 10.3 Å². The van der Waals surface area contributed by atoms with Crippen LogP contribution in [0.25, 0.3) is 0 Å². The summed E-state index contributed by atoms with van der Waals surface area (Å²) >= 11 is 0. The minimum atomic E-state index is -2.69. The van der Waals surface area contributed by atoms with Gasteiger partial charge in [-0.3, -0.25) is 9.78 Å². The molecule has 4 nitrogen and oxygen atoms in total. The number of ether oxygens (including phenoxy) is 1. The molecular weight excluding hydrogens is 314 g/mol. The number of nitrogens with zero attached hydrogens (tertiary/aromatic N) is 1. The first-order valence-electron chi connectivity index (χ1n) is 7.91. The fourth-order valence-corrected chi connectivity index (χ4v) is 3.57. The van der Waals surface area contributed by atoms with E-state index in [1.54, 1.807) is 48.8 Å². The molecule has 1 aromatic heterocycles. The van der Waals surface area contributed by atoms with E-state index in [0.717, 1.165) is 0 Å². The number of carbonyl (C=O) groups is 1. The van der Waals surface area contributed by atoms with Crippen molar-refractivity contribution in [2.45, 2.75) is 18.8 Å². The molecule has 6 heteroatoms. The number of hydrogen-bond acceptors (Lipinski definition) is 3. The lowest BCUT2D eigenvalue weighted by atomic mass is 10.1. The molecule has 2 aromatic rings. The monoisotopic (exact) mass is 330 g/mol. The van der Waals surface area contributed by atoms with Gasteiger partial charge in [0, 0.05) is 30.4 Å². The average molecular weight is 330 g/mol. The molecular formula is C18H16F2N2O2. The molecule has 0 bridgehead atoms. The van der Waals surface area contributed by atoms with Crippen molar-refractivity contribution in [3.63, 3.8) is 0 Å². The van der Waals surface area contributed by atoms with Crippen LogP contribution in [0.5, 0.6) is 11.5 Å². The number of hydrogen-bond donors (Lipinski definition) is 1. The van der Waals surface area contributed by atoms with Gasteiger partial charge in [-0.1, -0.05) is 0 Å². The van der Waals surface area contributed by atoms with Crippen molar-refractivity contribution in [1.82, 2.24) is 4.98 Å². The van der Waals surface area contributed by atoms with E-state index in [9.17, 15) is 13.6 Å². The van der Waals surface area contributed by atoms with Crippen molar-refractivity contribution in [1.29, 1.82) is 0 Å². The van der Waals surface area contributed by atoms with E-state index in [-0.39, 0.29) is 18.2 Å². The van der Waals surface area contributed by atoms with Crippen molar-refractivity contribution in [2.24, 2.45) is 17.8 Å². The standard InChI is InChI=1S/C18H16F2N2O2/c19-18(20)8-5-14-15(16(14)18)17(23)22-11-1-3-12(4-2-11)24-13-6-9-21-10-7-13/h1-4,6-7,9-10,14-16H,5,8H2,(H,22,23)/t14-,15+,16-/m1/s1. The molecule has 0 aliphatic heterocycles. The van der Waals surface area contributed by atoms with E-state index >= 15 is 0 Å². The summed E-state index contributed by atoms with van der Waals surface area (Å²) in [6.45, 7) is 0. The van der Waals surface area contributed by atoms with Crippen LogP contribution in [0, 0.1) is 17.8 Å². The van der Waals surface area contributed by atoms with Crippen molar-refractivity contribution >= 4 is 11.6 Å². The second-order valence-corrected chi connectivity index (χ2v) is 6.31. The summed E-state index contributed by atoms with van der Waals surface area (Å²) in [7, 11) is 0. The quantitative estimate of drug-likeness (QED) is 0.918. The molecule has 3 atom stereocenters. The molecule has 0 saturated heterocycles. The Balaban J connectivity index is 1.37. The second-order valence-electron chi connectivity index (χ2n) is 6.31. The highest BCUT2D eigenvalue weighted by Crippen LogP contribution is 2.64. The van der Waals surface area contributed by atoms with E-state index < -0.39 is 17.8 Å². The normalized spacial score (nSPS) is 26.5. The van der Waals surface area contributed by atoms with Gasteiger partial charge in [-0.05, 0) is 48.7 Å². The smallest absolute Gasteiger partial charge is 0.252 e. The molecule has 1 amide bonds. The number of carbonyl (C=O) groups excluding carboxylic acids is 1. The van der Waals surface area contributed by atoms with Crippen LogP contribution in [0.4, 0.5) is 14.5 Å². The predicted octanol–water partition coefficient (Wildman–Crippen LogP) is 4.10. The van der Waals surface area contributed by atoms with E-state index in [1.165, 1.54) is 0 Å². The minimum Gasteiger partial charge on any atom is -0.457 e. The molecule has 24 heavy (non-hydrogen) atoms. The summed E-state index contributed by atoms with van der Waals surface area (Å²) in [5.74, 6) is -3.20. The molecule has 2 fully saturated rings. The Bertz CT molecular complexity index is 749. The molecule has 2 aliphatic rings. The molecule has 1 aromatic carbocycles. The third-order valence-corrected chi connectivity index (χ3v) is 4.78. The molecule has 124 valence electrons. The van der Waals surface area contributed by atoms with Crippen LogP contribution < -0.4 is 10.1 Å². The Morgan fingerprint density at radius 2 is 1.79 bits per heavy atom. The number of amides is 1. The van der Waals surface area contributed by atoms with Crippen molar-refractivity contribution in [3.05, 3.63) is 48.8 Å². The first-order chi connectivity index (χ1) is 11.5. The second kappa shape index (κ2) is 5.54. The number of halogens is 2. The zero-order valence-corrected chi connectivity index (χ0v) is 12.8. The van der Waals surface area contributed by atoms with Crippen LogP contribution >= 0.6 is 0 Å². The number of benzene rings is 1. The van der Waals surface area contributed by atoms with Gasteiger partial charge >= 0.3 is 0 Å². The number of fused-ring (bicyclic) bond motifs is 1. The molecule has 0 radical (unpaired) electrons. The van der Waals surface area contributed by atoms with Crippen LogP contribution in [0.3, 0.4) is 0 Å². The van der Waals surface area contributed by atoms with Crippen LogP contribution in [0.15, 0.2) is 48.8 Å². The van der Waals surface area contributed by atoms with Gasteiger partial charge < -0.3 is 10.1 Å². The third-order valence-electron chi connectivity index (χ3n) is 4.78. The Labute approximate surface area is 137 Å². The maximum Gasteiger partial charge on any atom is 0.252 e. The van der Waals surface area contributed by atoms with E-state index in [1.807, 2.05) is 0 Å². The fraction of sp³-hybridized carbons (Fsp3) is 0.333. The first kappa shape index (κ1) is 15.1. The molecule has 2 saturated carbocycles. The zero-order valence-electron chi connectivity index (χ0n) is 12.8. The molecule has 0 unspecified atom stereocenters. The van der Waals surface area contributed by atoms with Crippen LogP contribution in [-0.4, -0.2) is 16.8 Å². The van der Waals surface area contributed by atoms with Crippen molar-refractivity contribution in [2.75, 3.05) is 5.32 Å². The Hall–Kier alpha value is -2.50. The van der Waals surface area contributed by atoms with Crippen LogP contribution in [-0.2, 0) is 4.79 Å². The van der Waals surface area contributed by atoms with Gasteiger partial charge in [-0.25, -0.2) is 8.78 Å². The largest absolute Gasteiger partial charge is 0.457 e. The highest BCUT2D eigenvalue weighted by molar-refractivity contribution is 5.95. The van der Waals surface area contributed by atoms with Gasteiger partial charge in [0.15, 0.2) is 0 Å². The minimum absolute atomic E-state index is 0.0901. The van der Waals surface area contributed by atoms with Gasteiger partial charge in [0.2, 0.25) is 5.91 Å². The fourth-order valence-electron chi connectivity index (χ4n) is 3.57. The summed E-state index contributed by atoms with van der Waals surface area (Å²) in [4.78, 5) is 16.1. The topological polar surface area (TPSA) is 51.2 Å². The summed E-state index contributed by atoms with van der Waals surface area (Å²) < 4.78 is 32.8. The van der Waals surface area contributed by atoms with E-state index in [0.29, 0.717) is 23.6 Å². The Morgan fingerprint density at radius 1 is 1.12 bits per heavy atom. The van der Waals surface area contributed by atoms with Gasteiger partial charge in [-0.2, -0.15) is 0 Å². The number of anilines is 1. The lowest BCUT2D eigenvalue weighted by Gasteiger charge is -2.13. The molecule has 4 rings (SSSR count). The van der Waals surface area contributed by atoms with Gasteiger partial charge in [-0.15, -0.1) is 0 Å². The maximum atomic E-state index is 13.6. The molecule has 1 N–H and O–H groups in total.